The van der Waals surface area contributed by atoms with Crippen molar-refractivity contribution in [3.8, 4) is 11.1 Å². The zero-order chi connectivity index (χ0) is 8.55. The highest BCUT2D eigenvalue weighted by molar-refractivity contribution is 5.69. The van der Waals surface area contributed by atoms with Crippen LogP contribution < -0.4 is 0 Å². The lowest BCUT2D eigenvalue weighted by atomic mass is 10.1. The van der Waals surface area contributed by atoms with E-state index in [2.05, 4.69) is 50.2 Å². The Morgan fingerprint density at radius 2 is 1.75 bits per heavy atom. The van der Waals surface area contributed by atoms with Crippen molar-refractivity contribution in [3.05, 3.63) is 47.5 Å². The average molecular weight is 156 g/mol. The van der Waals surface area contributed by atoms with E-state index in [0.717, 1.165) is 0 Å². The van der Waals surface area contributed by atoms with Crippen LogP contribution in [0.1, 0.15) is 11.1 Å². The largest absolute Gasteiger partial charge is 0.0610 e. The van der Waals surface area contributed by atoms with Crippen molar-refractivity contribution in [1.82, 2.24) is 0 Å². The van der Waals surface area contributed by atoms with E-state index in [4.69, 9.17) is 0 Å². The molecule has 0 atom stereocenters. The second kappa shape index (κ2) is 2.63. The van der Waals surface area contributed by atoms with Crippen molar-refractivity contribution in [2.75, 3.05) is 0 Å². The molecule has 0 unspecified atom stereocenters. The smallest absolute Gasteiger partial charge is 0.0155 e. The first-order chi connectivity index (χ1) is 5.77. The van der Waals surface area contributed by atoms with Gasteiger partial charge in [0.2, 0.25) is 0 Å². The summed E-state index contributed by atoms with van der Waals surface area (Å²) in [4.78, 5) is 0. The van der Waals surface area contributed by atoms with Crippen LogP contribution in [0.5, 0.6) is 0 Å². The van der Waals surface area contributed by atoms with E-state index in [1.54, 1.807) is 0 Å². The lowest BCUT2D eigenvalue weighted by molar-refractivity contribution is 1.49. The molecule has 0 saturated heterocycles. The molecule has 0 bridgehead atoms. The summed E-state index contributed by atoms with van der Waals surface area (Å²) in [5, 5.41) is 0. The Labute approximate surface area is 73.2 Å². The number of aryl methyl sites for hydroxylation is 2. The summed E-state index contributed by atoms with van der Waals surface area (Å²) in [6, 6.07) is 13.0. The maximum absolute atomic E-state index is 2.22. The minimum absolute atomic E-state index is 1.32. The molecule has 0 saturated carbocycles. The van der Waals surface area contributed by atoms with Crippen molar-refractivity contribution in [2.45, 2.75) is 13.8 Å². The molecular weight excluding hydrogens is 144 g/mol. The molecule has 60 valence electrons. The number of fused-ring (bicyclic) bond motifs is 1. The van der Waals surface area contributed by atoms with Gasteiger partial charge in [0.25, 0.3) is 0 Å². The quantitative estimate of drug-likeness (QED) is 0.548. The molecule has 0 amide bonds. The van der Waals surface area contributed by atoms with Crippen LogP contribution in [0.15, 0.2) is 36.4 Å². The molecule has 0 radical (unpaired) electrons. The highest BCUT2D eigenvalue weighted by Gasteiger charge is 2.02. The Balaban J connectivity index is 2.78. The maximum atomic E-state index is 2.22. The van der Waals surface area contributed by atoms with E-state index >= 15 is 0 Å². The molecular formula is C12H12. The molecule has 2 rings (SSSR count). The Hall–Kier alpha value is -1.30. The minimum atomic E-state index is 1.32. The van der Waals surface area contributed by atoms with Gasteiger partial charge in [-0.1, -0.05) is 42.0 Å². The first-order valence-corrected chi connectivity index (χ1v) is 4.23. The van der Waals surface area contributed by atoms with E-state index in [0.29, 0.717) is 0 Å². The molecule has 0 aliphatic heterocycles. The van der Waals surface area contributed by atoms with Gasteiger partial charge in [0, 0.05) is 0 Å². The molecule has 12 heavy (non-hydrogen) atoms. The fourth-order valence-corrected chi connectivity index (χ4v) is 1.56. The van der Waals surface area contributed by atoms with Gasteiger partial charge >= 0.3 is 0 Å². The van der Waals surface area contributed by atoms with Crippen molar-refractivity contribution < 1.29 is 0 Å². The molecule has 0 N–H and O–H groups in total. The Kier molecular flexibility index (Phi) is 1.61. The van der Waals surface area contributed by atoms with E-state index in [9.17, 15) is 0 Å². The highest BCUT2D eigenvalue weighted by Crippen LogP contribution is 2.25. The van der Waals surface area contributed by atoms with Crippen LogP contribution in [-0.4, -0.2) is 0 Å². The summed E-state index contributed by atoms with van der Waals surface area (Å²) in [5.41, 5.74) is 5.38. The van der Waals surface area contributed by atoms with Gasteiger partial charge in [-0.2, -0.15) is 0 Å². The molecule has 2 aliphatic rings. The average Bonchev–Trinajstić information content (AvgIpc) is 2.44. The summed E-state index contributed by atoms with van der Waals surface area (Å²) in [6.45, 7) is 4.29. The van der Waals surface area contributed by atoms with Crippen molar-refractivity contribution in [2.24, 2.45) is 0 Å². The molecule has 0 heteroatoms. The first-order valence-electron chi connectivity index (χ1n) is 4.23. The van der Waals surface area contributed by atoms with Crippen LogP contribution in [0.4, 0.5) is 0 Å². The fourth-order valence-electron chi connectivity index (χ4n) is 1.56. The highest BCUT2D eigenvalue weighted by atomic mass is 14.1. The summed E-state index contributed by atoms with van der Waals surface area (Å²) in [6.07, 6.45) is 0. The molecule has 0 nitrogen and oxygen atoms in total. The zero-order valence-electron chi connectivity index (χ0n) is 7.46. The lowest BCUT2D eigenvalue weighted by Crippen LogP contribution is -1.70. The van der Waals surface area contributed by atoms with Crippen LogP contribution in [-0.2, 0) is 0 Å². The third-order valence-corrected chi connectivity index (χ3v) is 2.25. The third-order valence-electron chi connectivity index (χ3n) is 2.25. The van der Waals surface area contributed by atoms with E-state index < -0.39 is 0 Å². The van der Waals surface area contributed by atoms with Gasteiger partial charge in [0.15, 0.2) is 0 Å². The maximum Gasteiger partial charge on any atom is -0.0155 e. The first kappa shape index (κ1) is 7.35. The normalized spacial score (nSPS) is 10.5. The summed E-state index contributed by atoms with van der Waals surface area (Å²) in [5.74, 6) is 0. The Bertz CT molecular complexity index is 374. The van der Waals surface area contributed by atoms with Gasteiger partial charge in [-0.25, -0.2) is 0 Å². The van der Waals surface area contributed by atoms with Crippen molar-refractivity contribution >= 4 is 0 Å². The van der Waals surface area contributed by atoms with Gasteiger partial charge in [-0.15, -0.1) is 0 Å². The van der Waals surface area contributed by atoms with Crippen LogP contribution >= 0.6 is 0 Å². The second-order valence-electron chi connectivity index (χ2n) is 3.30. The summed E-state index contributed by atoms with van der Waals surface area (Å²) >= 11 is 0. The van der Waals surface area contributed by atoms with E-state index in [1.807, 2.05) is 0 Å². The van der Waals surface area contributed by atoms with Gasteiger partial charge in [0.1, 0.15) is 0 Å². The summed E-state index contributed by atoms with van der Waals surface area (Å²) in [7, 11) is 0. The zero-order valence-corrected chi connectivity index (χ0v) is 7.46. The molecule has 0 aromatic heterocycles. The standard InChI is InChI=1S/C12H12/c1-9-6-7-10(2)12-5-3-4-11(12)8-9/h3-8H,1-2H3. The monoisotopic (exact) mass is 156 g/mol. The fraction of sp³-hybridized carbons (Fsp3) is 0.167. The number of rotatable bonds is 0. The molecule has 0 heterocycles. The van der Waals surface area contributed by atoms with Gasteiger partial charge in [-0.05, 0) is 30.5 Å². The third kappa shape index (κ3) is 1.10. The predicted molar refractivity (Wildman–Crippen MR) is 52.5 cm³/mol. The molecule has 0 spiro atoms. The lowest BCUT2D eigenvalue weighted by Gasteiger charge is -1.94. The molecule has 0 aromatic rings. The number of hydrogen-bond donors (Lipinski definition) is 0. The van der Waals surface area contributed by atoms with Gasteiger partial charge in [-0.3, -0.25) is 0 Å². The topological polar surface area (TPSA) is 0 Å². The molecule has 0 aromatic carbocycles. The van der Waals surface area contributed by atoms with E-state index in [-0.39, 0.29) is 0 Å². The van der Waals surface area contributed by atoms with Crippen LogP contribution in [0.3, 0.4) is 0 Å². The van der Waals surface area contributed by atoms with Gasteiger partial charge in [0.05, 0.1) is 0 Å². The minimum Gasteiger partial charge on any atom is -0.0610 e. The van der Waals surface area contributed by atoms with Crippen LogP contribution in [0, 0.1) is 13.8 Å². The van der Waals surface area contributed by atoms with Gasteiger partial charge < -0.3 is 0 Å². The van der Waals surface area contributed by atoms with Crippen LogP contribution in [0.25, 0.3) is 11.1 Å². The predicted octanol–water partition coefficient (Wildman–Crippen LogP) is 3.41. The molecule has 0 fully saturated rings. The SMILES string of the molecule is Cc1ccc(C)c2cccc-2c1. The van der Waals surface area contributed by atoms with Crippen molar-refractivity contribution in [1.29, 1.82) is 0 Å². The Morgan fingerprint density at radius 1 is 0.917 bits per heavy atom. The van der Waals surface area contributed by atoms with Crippen LogP contribution in [0.2, 0.25) is 0 Å². The Morgan fingerprint density at radius 3 is 2.58 bits per heavy atom. The summed E-state index contributed by atoms with van der Waals surface area (Å²) < 4.78 is 0. The second-order valence-corrected chi connectivity index (χ2v) is 3.30. The number of hydrogen-bond acceptors (Lipinski definition) is 0. The van der Waals surface area contributed by atoms with Crippen molar-refractivity contribution in [3.63, 3.8) is 0 Å². The van der Waals surface area contributed by atoms with E-state index in [1.165, 1.54) is 22.3 Å². The molecule has 2 aliphatic carbocycles.